The Hall–Kier alpha value is -4.34. The minimum atomic E-state index is -0.503. The fourth-order valence-corrected chi connectivity index (χ4v) is 19.5. The molecule has 1 saturated heterocycles. The Kier molecular flexibility index (Phi) is 7.02. The van der Waals surface area contributed by atoms with E-state index in [1.807, 2.05) is 0 Å². The highest BCUT2D eigenvalue weighted by atomic mass is 31.1. The Bertz CT molecular complexity index is 2610. The molecule has 0 saturated carbocycles. The van der Waals surface area contributed by atoms with Gasteiger partial charge in [0.1, 0.15) is 0 Å². The molecule has 0 aromatic heterocycles. The van der Waals surface area contributed by atoms with Crippen LogP contribution in [-0.4, -0.2) is 10.3 Å². The molecule has 0 N–H and O–H groups in total. The first kappa shape index (κ1) is 32.1. The summed E-state index contributed by atoms with van der Waals surface area (Å²) in [4.78, 5) is 0. The van der Waals surface area contributed by atoms with Crippen LogP contribution in [0.1, 0.15) is 67.7 Å². The average molecular weight is 719 g/mol. The minimum absolute atomic E-state index is 0.192. The first-order chi connectivity index (χ1) is 25.8. The molecule has 3 aliphatic rings. The monoisotopic (exact) mass is 718 g/mol. The van der Waals surface area contributed by atoms with Crippen LogP contribution in [0.5, 0.6) is 0 Å². The van der Waals surface area contributed by atoms with Crippen molar-refractivity contribution in [3.8, 4) is 22.3 Å². The summed E-state index contributed by atoms with van der Waals surface area (Å²) in [5.41, 5.74) is 13.2. The summed E-state index contributed by atoms with van der Waals surface area (Å²) in [6.07, 6.45) is 3.57. The molecule has 2 heteroatoms. The predicted octanol–water partition coefficient (Wildman–Crippen LogP) is 15.4. The van der Waals surface area contributed by atoms with E-state index in [4.69, 9.17) is 0 Å². The third-order valence-electron chi connectivity index (χ3n) is 13.2. The van der Waals surface area contributed by atoms with Crippen LogP contribution in [0.2, 0.25) is 0 Å². The third-order valence-corrected chi connectivity index (χ3v) is 20.7. The second-order valence-corrected chi connectivity index (χ2v) is 23.1. The zero-order valence-electron chi connectivity index (χ0n) is 31.0. The number of fused-ring (bicyclic) bond motifs is 19. The zero-order valence-corrected chi connectivity index (χ0v) is 32.8. The summed E-state index contributed by atoms with van der Waals surface area (Å²) in [6, 6.07) is 56.7. The molecule has 53 heavy (non-hydrogen) atoms. The summed E-state index contributed by atoms with van der Waals surface area (Å²) < 4.78 is 0. The van der Waals surface area contributed by atoms with Gasteiger partial charge >= 0.3 is 0 Å². The smallest absolute Gasteiger partial charge is 0.0165 e. The maximum atomic E-state index is 2.66. The second kappa shape index (κ2) is 11.6. The molecule has 0 spiro atoms. The van der Waals surface area contributed by atoms with Gasteiger partial charge in [-0.3, -0.25) is 0 Å². The van der Waals surface area contributed by atoms with Crippen molar-refractivity contribution in [1.29, 1.82) is 0 Å². The first-order valence-corrected chi connectivity index (χ1v) is 22.6. The zero-order chi connectivity index (χ0) is 35.6. The molecular formula is C51H44P2. The Morgan fingerprint density at radius 1 is 0.377 bits per heavy atom. The SMILES string of the molecule is CC1(C)CC(C)(C)[P@@]2Cc3ccc4ccccc4c3-c3c(ccc4ccccc34)C2C2c3ccc4ccccc4c3-c3c(ccc4ccccc34)C[P@@]21. The van der Waals surface area contributed by atoms with E-state index in [0.29, 0.717) is 11.3 Å². The lowest BCUT2D eigenvalue weighted by Crippen LogP contribution is -2.29. The van der Waals surface area contributed by atoms with Gasteiger partial charge in [0.2, 0.25) is 0 Å². The lowest BCUT2D eigenvalue weighted by Gasteiger charge is -2.42. The van der Waals surface area contributed by atoms with Crippen LogP contribution < -0.4 is 0 Å². The molecule has 8 aromatic carbocycles. The highest BCUT2D eigenvalue weighted by Crippen LogP contribution is 2.83. The fraction of sp³-hybridized carbons (Fsp3) is 0.216. The van der Waals surface area contributed by atoms with Crippen molar-refractivity contribution in [2.24, 2.45) is 0 Å². The van der Waals surface area contributed by atoms with Crippen LogP contribution >= 0.6 is 15.8 Å². The molecule has 3 aliphatic heterocycles. The van der Waals surface area contributed by atoms with Crippen LogP contribution in [0.3, 0.4) is 0 Å². The van der Waals surface area contributed by atoms with E-state index in [-0.39, 0.29) is 10.3 Å². The molecule has 0 nitrogen and oxygen atoms in total. The van der Waals surface area contributed by atoms with E-state index in [9.17, 15) is 0 Å². The van der Waals surface area contributed by atoms with Crippen LogP contribution in [0.4, 0.5) is 0 Å². The standard InChI is InChI=1S/C51H44P2/c1-50(2)31-51(3,4)53-30-37-24-22-33-14-6-10-18-39(33)45(37)47-41-20-12-8-16-35(41)26-28-43(47)49(53)48-42-27-25-34-15-7-11-19-40(34)46(42)44-36(29-52(48)50)23-21-32-13-5-9-17-38(32)44/h5-28,48-49H,29-31H2,1-4H3/t48?,49?,52-,53-/m0/s1. The Morgan fingerprint density at radius 3 is 1.08 bits per heavy atom. The average Bonchev–Trinajstić information content (AvgIpc) is 3.45. The van der Waals surface area contributed by atoms with Gasteiger partial charge < -0.3 is 0 Å². The quantitative estimate of drug-likeness (QED) is 0.137. The van der Waals surface area contributed by atoms with Gasteiger partial charge in [-0.15, -0.1) is 0 Å². The second-order valence-electron chi connectivity index (χ2n) is 17.1. The van der Waals surface area contributed by atoms with E-state index in [0.717, 1.165) is 12.3 Å². The first-order valence-electron chi connectivity index (χ1n) is 19.4. The minimum Gasteiger partial charge on any atom is -0.0876 e. The molecule has 0 radical (unpaired) electrons. The summed E-state index contributed by atoms with van der Waals surface area (Å²) in [5, 5.41) is 11.4. The van der Waals surface area contributed by atoms with E-state index < -0.39 is 15.8 Å². The van der Waals surface area contributed by atoms with Crippen molar-refractivity contribution in [2.75, 3.05) is 0 Å². The molecule has 0 bridgehead atoms. The number of hydrogen-bond acceptors (Lipinski definition) is 0. The van der Waals surface area contributed by atoms with Crippen LogP contribution in [0, 0.1) is 0 Å². The molecule has 258 valence electrons. The molecule has 3 heterocycles. The van der Waals surface area contributed by atoms with Gasteiger partial charge in [-0.05, 0) is 117 Å². The summed E-state index contributed by atoms with van der Waals surface area (Å²) in [7, 11) is -1.01. The summed E-state index contributed by atoms with van der Waals surface area (Å²) >= 11 is 0. The molecule has 0 aliphatic carbocycles. The summed E-state index contributed by atoms with van der Waals surface area (Å²) in [6.45, 7) is 10.6. The molecule has 0 amide bonds. The Balaban J connectivity index is 1.31. The van der Waals surface area contributed by atoms with Crippen molar-refractivity contribution >= 4 is 58.9 Å². The molecule has 8 aromatic rings. The molecule has 4 atom stereocenters. The normalized spacial score (nSPS) is 22.4. The van der Waals surface area contributed by atoms with Gasteiger partial charge in [0.05, 0.1) is 0 Å². The maximum absolute atomic E-state index is 2.66. The van der Waals surface area contributed by atoms with E-state index in [2.05, 4.69) is 173 Å². The molecule has 2 unspecified atom stereocenters. The van der Waals surface area contributed by atoms with Crippen molar-refractivity contribution in [3.63, 3.8) is 0 Å². The topological polar surface area (TPSA) is 0 Å². The number of hydrogen-bond donors (Lipinski definition) is 0. The van der Waals surface area contributed by atoms with Crippen molar-refractivity contribution < 1.29 is 0 Å². The van der Waals surface area contributed by atoms with E-state index >= 15 is 0 Å². The van der Waals surface area contributed by atoms with Gasteiger partial charge in [0, 0.05) is 11.3 Å². The number of rotatable bonds is 0. The lowest BCUT2D eigenvalue weighted by atomic mass is 9.83. The van der Waals surface area contributed by atoms with E-state index in [1.165, 1.54) is 71.8 Å². The summed E-state index contributed by atoms with van der Waals surface area (Å²) in [5.74, 6) is 0. The molecular weight excluding hydrogens is 675 g/mol. The fourth-order valence-electron chi connectivity index (χ4n) is 11.1. The van der Waals surface area contributed by atoms with Crippen molar-refractivity contribution in [2.45, 2.75) is 68.1 Å². The molecule has 1 fully saturated rings. The predicted molar refractivity (Wildman–Crippen MR) is 233 cm³/mol. The number of benzene rings is 8. The largest absolute Gasteiger partial charge is 0.0876 e. The Morgan fingerprint density at radius 2 is 0.698 bits per heavy atom. The Labute approximate surface area is 315 Å². The van der Waals surface area contributed by atoms with E-state index in [1.54, 1.807) is 22.3 Å². The van der Waals surface area contributed by atoms with Crippen molar-refractivity contribution in [1.82, 2.24) is 0 Å². The van der Waals surface area contributed by atoms with Gasteiger partial charge in [0.15, 0.2) is 0 Å². The van der Waals surface area contributed by atoms with Crippen LogP contribution in [0.15, 0.2) is 146 Å². The van der Waals surface area contributed by atoms with Crippen LogP contribution in [0.25, 0.3) is 65.3 Å². The lowest BCUT2D eigenvalue weighted by molar-refractivity contribution is 0.525. The van der Waals surface area contributed by atoms with Gasteiger partial charge in [0.25, 0.3) is 0 Å². The molecule has 11 rings (SSSR count). The maximum Gasteiger partial charge on any atom is 0.0165 e. The van der Waals surface area contributed by atoms with Crippen LogP contribution in [-0.2, 0) is 12.3 Å². The van der Waals surface area contributed by atoms with Gasteiger partial charge in [-0.2, -0.15) is 0 Å². The highest BCUT2D eigenvalue weighted by Gasteiger charge is 2.55. The van der Waals surface area contributed by atoms with Gasteiger partial charge in [-0.25, -0.2) is 0 Å². The van der Waals surface area contributed by atoms with Crippen molar-refractivity contribution in [3.05, 3.63) is 168 Å². The third kappa shape index (κ3) is 4.68. The highest BCUT2D eigenvalue weighted by molar-refractivity contribution is 7.64. The van der Waals surface area contributed by atoms with Gasteiger partial charge in [-0.1, -0.05) is 189 Å².